The van der Waals surface area contributed by atoms with Gasteiger partial charge in [-0.1, -0.05) is 13.8 Å². The van der Waals surface area contributed by atoms with Gasteiger partial charge in [0.1, 0.15) is 5.54 Å². The maximum absolute atomic E-state index is 11.4. The van der Waals surface area contributed by atoms with E-state index in [9.17, 15) is 9.90 Å². The van der Waals surface area contributed by atoms with E-state index in [-0.39, 0.29) is 5.92 Å². The summed E-state index contributed by atoms with van der Waals surface area (Å²) in [4.78, 5) is 22.0. The van der Waals surface area contributed by atoms with Crippen LogP contribution in [0.1, 0.15) is 51.9 Å². The molecule has 5 heteroatoms. The molecular formula is C14H23N3O2. The molecule has 106 valence electrons. The Morgan fingerprint density at radius 1 is 1.42 bits per heavy atom. The lowest BCUT2D eigenvalue weighted by molar-refractivity contribution is -0.142. The van der Waals surface area contributed by atoms with Gasteiger partial charge < -0.3 is 10.0 Å². The van der Waals surface area contributed by atoms with Crippen molar-refractivity contribution in [1.82, 2.24) is 9.97 Å². The fourth-order valence-corrected chi connectivity index (χ4v) is 1.90. The molecule has 0 saturated carbocycles. The number of anilines is 1. The molecule has 1 aromatic heterocycles. The summed E-state index contributed by atoms with van der Waals surface area (Å²) in [6.45, 7) is 11.8. The second-order valence-electron chi connectivity index (χ2n) is 5.50. The molecule has 0 spiro atoms. The van der Waals surface area contributed by atoms with E-state index < -0.39 is 11.5 Å². The highest BCUT2D eigenvalue weighted by molar-refractivity contribution is 5.81. The highest BCUT2D eigenvalue weighted by atomic mass is 16.4. The Morgan fingerprint density at radius 3 is 2.42 bits per heavy atom. The first-order chi connectivity index (χ1) is 8.70. The molecule has 0 aliphatic heterocycles. The summed E-state index contributed by atoms with van der Waals surface area (Å²) in [7, 11) is 0. The van der Waals surface area contributed by atoms with Gasteiger partial charge in [-0.25, -0.2) is 14.8 Å². The summed E-state index contributed by atoms with van der Waals surface area (Å²) in [5, 5.41) is 9.35. The third kappa shape index (κ3) is 3.22. The van der Waals surface area contributed by atoms with E-state index in [0.29, 0.717) is 12.5 Å². The van der Waals surface area contributed by atoms with Crippen molar-refractivity contribution >= 4 is 11.9 Å². The van der Waals surface area contributed by atoms with Crippen molar-refractivity contribution < 1.29 is 9.90 Å². The molecule has 0 bridgehead atoms. The minimum absolute atomic E-state index is 0.284. The maximum atomic E-state index is 11.4. The van der Waals surface area contributed by atoms with Gasteiger partial charge in [0.15, 0.2) is 0 Å². The minimum atomic E-state index is -1.03. The van der Waals surface area contributed by atoms with Gasteiger partial charge >= 0.3 is 5.97 Å². The highest BCUT2D eigenvalue weighted by Crippen LogP contribution is 2.23. The number of carboxylic acids is 1. The molecule has 1 heterocycles. The molecular weight excluding hydrogens is 242 g/mol. The SMILES string of the molecule is CCN(c1nc(C)cc(C(C)C)n1)C(C)(C)C(=O)O. The molecule has 0 atom stereocenters. The molecule has 1 aromatic rings. The molecule has 0 radical (unpaired) electrons. The van der Waals surface area contributed by atoms with Gasteiger partial charge in [0.25, 0.3) is 0 Å². The van der Waals surface area contributed by atoms with Gasteiger partial charge in [0, 0.05) is 17.9 Å². The normalized spacial score (nSPS) is 11.7. The zero-order chi connectivity index (χ0) is 14.8. The van der Waals surface area contributed by atoms with Crippen molar-refractivity contribution in [3.05, 3.63) is 17.5 Å². The van der Waals surface area contributed by atoms with Crippen molar-refractivity contribution in [2.24, 2.45) is 0 Å². The molecule has 19 heavy (non-hydrogen) atoms. The molecule has 0 aromatic carbocycles. The molecule has 0 aliphatic rings. The number of aryl methyl sites for hydroxylation is 1. The number of rotatable bonds is 5. The Balaban J connectivity index is 3.30. The lowest BCUT2D eigenvalue weighted by Crippen LogP contribution is -2.51. The predicted molar refractivity (Wildman–Crippen MR) is 75.6 cm³/mol. The zero-order valence-corrected chi connectivity index (χ0v) is 12.6. The number of carbonyl (C=O) groups is 1. The number of nitrogens with zero attached hydrogens (tertiary/aromatic N) is 3. The van der Waals surface area contributed by atoms with Crippen LogP contribution in [0.4, 0.5) is 5.95 Å². The van der Waals surface area contributed by atoms with Crippen LogP contribution in [-0.4, -0.2) is 33.1 Å². The first-order valence-electron chi connectivity index (χ1n) is 6.56. The fourth-order valence-electron chi connectivity index (χ4n) is 1.90. The van der Waals surface area contributed by atoms with Crippen LogP contribution in [0.2, 0.25) is 0 Å². The molecule has 0 saturated heterocycles. The Labute approximate surface area is 114 Å². The average Bonchev–Trinajstić information content (AvgIpc) is 2.28. The number of likely N-dealkylation sites (N-methyl/N-ethyl adjacent to an activating group) is 1. The third-order valence-electron chi connectivity index (χ3n) is 3.21. The smallest absolute Gasteiger partial charge is 0.329 e. The average molecular weight is 265 g/mol. The van der Waals surface area contributed by atoms with Gasteiger partial charge in [0.2, 0.25) is 5.95 Å². The van der Waals surface area contributed by atoms with Gasteiger partial charge in [-0.05, 0) is 39.7 Å². The van der Waals surface area contributed by atoms with Crippen LogP contribution < -0.4 is 4.90 Å². The van der Waals surface area contributed by atoms with E-state index in [1.165, 1.54) is 0 Å². The maximum Gasteiger partial charge on any atom is 0.329 e. The quantitative estimate of drug-likeness (QED) is 0.886. The second-order valence-corrected chi connectivity index (χ2v) is 5.50. The van der Waals surface area contributed by atoms with Crippen LogP contribution in [0.5, 0.6) is 0 Å². The Bertz CT molecular complexity index is 470. The standard InChI is InChI=1S/C14H23N3O2/c1-7-17(14(5,6)12(18)19)13-15-10(4)8-11(16-13)9(2)3/h8-9H,7H2,1-6H3,(H,18,19). The van der Waals surface area contributed by atoms with Crippen molar-refractivity contribution in [3.63, 3.8) is 0 Å². The number of aliphatic carboxylic acids is 1. The number of hydrogen-bond acceptors (Lipinski definition) is 4. The Morgan fingerprint density at radius 2 is 2.00 bits per heavy atom. The van der Waals surface area contributed by atoms with E-state index >= 15 is 0 Å². The summed E-state index contributed by atoms with van der Waals surface area (Å²) in [6.07, 6.45) is 0. The van der Waals surface area contributed by atoms with E-state index in [1.807, 2.05) is 19.9 Å². The monoisotopic (exact) mass is 265 g/mol. The van der Waals surface area contributed by atoms with Crippen LogP contribution in [-0.2, 0) is 4.79 Å². The molecule has 1 N–H and O–H groups in total. The summed E-state index contributed by atoms with van der Waals surface area (Å²) >= 11 is 0. The molecule has 5 nitrogen and oxygen atoms in total. The topological polar surface area (TPSA) is 66.3 Å². The van der Waals surface area contributed by atoms with Gasteiger partial charge in [-0.2, -0.15) is 0 Å². The van der Waals surface area contributed by atoms with Gasteiger partial charge in [-0.3, -0.25) is 0 Å². The van der Waals surface area contributed by atoms with Crippen molar-refractivity contribution in [3.8, 4) is 0 Å². The lowest BCUT2D eigenvalue weighted by atomic mass is 10.0. The Kier molecular flexibility index (Phi) is 4.50. The van der Waals surface area contributed by atoms with E-state index in [4.69, 9.17) is 0 Å². The van der Waals surface area contributed by atoms with Crippen molar-refractivity contribution in [2.75, 3.05) is 11.4 Å². The van der Waals surface area contributed by atoms with E-state index in [2.05, 4.69) is 23.8 Å². The fraction of sp³-hybridized carbons (Fsp3) is 0.643. The summed E-state index contributed by atoms with van der Waals surface area (Å²) < 4.78 is 0. The summed E-state index contributed by atoms with van der Waals surface area (Å²) in [5.41, 5.74) is 0.757. The molecule has 0 fully saturated rings. The molecule has 1 rings (SSSR count). The summed E-state index contributed by atoms with van der Waals surface area (Å²) in [6, 6.07) is 1.94. The predicted octanol–water partition coefficient (Wildman–Crippen LogP) is 2.60. The van der Waals surface area contributed by atoms with Crippen LogP contribution in [0.3, 0.4) is 0 Å². The molecule has 0 unspecified atom stereocenters. The summed E-state index contributed by atoms with van der Waals surface area (Å²) in [5.74, 6) is -0.115. The Hall–Kier alpha value is -1.65. The van der Waals surface area contributed by atoms with E-state index in [0.717, 1.165) is 11.4 Å². The first kappa shape index (κ1) is 15.4. The van der Waals surface area contributed by atoms with E-state index in [1.54, 1.807) is 18.7 Å². The van der Waals surface area contributed by atoms with Crippen molar-refractivity contribution in [1.29, 1.82) is 0 Å². The highest BCUT2D eigenvalue weighted by Gasteiger charge is 2.35. The minimum Gasteiger partial charge on any atom is -0.480 e. The van der Waals surface area contributed by atoms with Crippen LogP contribution in [0.15, 0.2) is 6.07 Å². The third-order valence-corrected chi connectivity index (χ3v) is 3.21. The van der Waals surface area contributed by atoms with Crippen LogP contribution >= 0.6 is 0 Å². The van der Waals surface area contributed by atoms with Gasteiger partial charge in [0.05, 0.1) is 0 Å². The van der Waals surface area contributed by atoms with Gasteiger partial charge in [-0.15, -0.1) is 0 Å². The zero-order valence-electron chi connectivity index (χ0n) is 12.6. The second kappa shape index (κ2) is 5.55. The first-order valence-corrected chi connectivity index (χ1v) is 6.56. The lowest BCUT2D eigenvalue weighted by Gasteiger charge is -2.34. The number of carboxylic acid groups (broad SMARTS) is 1. The van der Waals surface area contributed by atoms with Crippen LogP contribution in [0.25, 0.3) is 0 Å². The molecule has 0 aliphatic carbocycles. The van der Waals surface area contributed by atoms with Crippen molar-refractivity contribution in [2.45, 2.75) is 53.0 Å². The molecule has 0 amide bonds. The van der Waals surface area contributed by atoms with Crippen LogP contribution in [0, 0.1) is 6.92 Å². The largest absolute Gasteiger partial charge is 0.480 e. The number of aromatic nitrogens is 2. The number of hydrogen-bond donors (Lipinski definition) is 1.